The van der Waals surface area contributed by atoms with Crippen molar-refractivity contribution in [2.24, 2.45) is 0 Å². The molecular formula is C20H27N5O2. The Labute approximate surface area is 159 Å². The number of ether oxygens (including phenoxy) is 1. The Morgan fingerprint density at radius 1 is 0.963 bits per heavy atom. The summed E-state index contributed by atoms with van der Waals surface area (Å²) in [5.41, 5.74) is 0.757. The van der Waals surface area contributed by atoms with Gasteiger partial charge in [0, 0.05) is 44.8 Å². The van der Waals surface area contributed by atoms with Crippen LogP contribution in [0.15, 0.2) is 36.9 Å². The van der Waals surface area contributed by atoms with Crippen LogP contribution in [0.4, 0.5) is 0 Å². The maximum Gasteiger partial charge on any atom is 0.253 e. The molecule has 4 rings (SSSR count). The largest absolute Gasteiger partial charge is 0.490 e. The van der Waals surface area contributed by atoms with Crippen molar-refractivity contribution in [3.8, 4) is 5.75 Å². The number of nitrogens with zero attached hydrogens (tertiary/aromatic N) is 5. The Bertz CT molecular complexity index is 717. The predicted octanol–water partition coefficient (Wildman–Crippen LogP) is 2.06. The minimum absolute atomic E-state index is 0.139. The lowest BCUT2D eigenvalue weighted by Gasteiger charge is -2.32. The van der Waals surface area contributed by atoms with Gasteiger partial charge in [0.25, 0.3) is 5.91 Å². The van der Waals surface area contributed by atoms with Gasteiger partial charge in [0.05, 0.1) is 0 Å². The van der Waals surface area contributed by atoms with E-state index in [1.54, 1.807) is 12.7 Å². The number of carbonyl (C=O) groups excluding carboxylic acids is 1. The van der Waals surface area contributed by atoms with Gasteiger partial charge in [0.2, 0.25) is 0 Å². The van der Waals surface area contributed by atoms with E-state index in [0.717, 1.165) is 76.3 Å². The number of amides is 1. The van der Waals surface area contributed by atoms with Crippen molar-refractivity contribution in [2.75, 3.05) is 32.7 Å². The third-order valence-corrected chi connectivity index (χ3v) is 5.47. The van der Waals surface area contributed by atoms with Gasteiger partial charge >= 0.3 is 0 Å². The number of rotatable bonds is 6. The first-order valence-corrected chi connectivity index (χ1v) is 9.89. The molecule has 0 atom stereocenters. The smallest absolute Gasteiger partial charge is 0.253 e. The number of hydrogen-bond acceptors (Lipinski definition) is 5. The maximum absolute atomic E-state index is 12.4. The number of hydrogen-bond donors (Lipinski definition) is 0. The summed E-state index contributed by atoms with van der Waals surface area (Å²) in [4.78, 5) is 16.8. The summed E-state index contributed by atoms with van der Waals surface area (Å²) in [6.07, 6.45) is 8.04. The van der Waals surface area contributed by atoms with Crippen LogP contribution in [0.3, 0.4) is 0 Å². The quantitative estimate of drug-likeness (QED) is 0.780. The Balaban J connectivity index is 1.22. The van der Waals surface area contributed by atoms with Crippen molar-refractivity contribution in [3.05, 3.63) is 42.5 Å². The van der Waals surface area contributed by atoms with E-state index >= 15 is 0 Å². The molecule has 0 bridgehead atoms. The van der Waals surface area contributed by atoms with Gasteiger partial charge < -0.3 is 19.1 Å². The Morgan fingerprint density at radius 3 is 2.30 bits per heavy atom. The van der Waals surface area contributed by atoms with Gasteiger partial charge in [0.15, 0.2) is 0 Å². The fourth-order valence-corrected chi connectivity index (χ4v) is 3.82. The van der Waals surface area contributed by atoms with Crippen LogP contribution in [0.25, 0.3) is 0 Å². The van der Waals surface area contributed by atoms with Crippen LogP contribution in [0.5, 0.6) is 5.75 Å². The summed E-state index contributed by atoms with van der Waals surface area (Å²) in [5, 5.41) is 7.67. The van der Waals surface area contributed by atoms with E-state index in [-0.39, 0.29) is 12.0 Å². The SMILES string of the molecule is O=C(c1ccc(OC2CCN(CCn3cnnc3)CC2)cc1)N1CCCC1. The fraction of sp³-hybridized carbons (Fsp3) is 0.550. The molecule has 2 aliphatic heterocycles. The highest BCUT2D eigenvalue weighted by atomic mass is 16.5. The van der Waals surface area contributed by atoms with Crippen molar-refractivity contribution in [3.63, 3.8) is 0 Å². The standard InChI is InChI=1S/C20H27N5O2/c26-20(25-9-1-2-10-25)17-3-5-18(6-4-17)27-19-7-11-23(12-8-19)13-14-24-15-21-22-16-24/h3-6,15-16,19H,1-2,7-14H2. The van der Waals surface area contributed by atoms with Crippen LogP contribution in [0.2, 0.25) is 0 Å². The first-order chi connectivity index (χ1) is 13.3. The first kappa shape index (κ1) is 18.0. The topological polar surface area (TPSA) is 63.5 Å². The second-order valence-corrected chi connectivity index (χ2v) is 7.38. The minimum Gasteiger partial charge on any atom is -0.490 e. The molecule has 3 heterocycles. The molecule has 1 aromatic heterocycles. The van der Waals surface area contributed by atoms with Crippen molar-refractivity contribution < 1.29 is 9.53 Å². The average molecular weight is 369 g/mol. The monoisotopic (exact) mass is 369 g/mol. The average Bonchev–Trinajstić information content (AvgIpc) is 3.42. The molecule has 0 radical (unpaired) electrons. The van der Waals surface area contributed by atoms with Gasteiger partial charge in [0.1, 0.15) is 24.5 Å². The van der Waals surface area contributed by atoms with Crippen LogP contribution >= 0.6 is 0 Å². The zero-order valence-electron chi connectivity index (χ0n) is 15.7. The van der Waals surface area contributed by atoms with Gasteiger partial charge in [-0.15, -0.1) is 10.2 Å². The van der Waals surface area contributed by atoms with E-state index < -0.39 is 0 Å². The minimum atomic E-state index is 0.139. The molecule has 2 aromatic rings. The number of aromatic nitrogens is 3. The third kappa shape index (κ3) is 4.66. The van der Waals surface area contributed by atoms with Gasteiger partial charge in [-0.1, -0.05) is 0 Å². The lowest BCUT2D eigenvalue weighted by Crippen LogP contribution is -2.39. The van der Waals surface area contributed by atoms with Crippen molar-refractivity contribution in [1.82, 2.24) is 24.6 Å². The van der Waals surface area contributed by atoms with Crippen molar-refractivity contribution in [2.45, 2.75) is 38.3 Å². The fourth-order valence-electron chi connectivity index (χ4n) is 3.82. The summed E-state index contributed by atoms with van der Waals surface area (Å²) in [7, 11) is 0. The molecule has 0 saturated carbocycles. The lowest BCUT2D eigenvalue weighted by atomic mass is 10.1. The van der Waals surface area contributed by atoms with E-state index in [1.807, 2.05) is 33.7 Å². The predicted molar refractivity (Wildman–Crippen MR) is 102 cm³/mol. The second-order valence-electron chi connectivity index (χ2n) is 7.38. The molecular weight excluding hydrogens is 342 g/mol. The molecule has 1 aromatic carbocycles. The Morgan fingerprint density at radius 2 is 1.63 bits per heavy atom. The molecule has 144 valence electrons. The molecule has 2 saturated heterocycles. The van der Waals surface area contributed by atoms with Crippen molar-refractivity contribution >= 4 is 5.91 Å². The van der Waals surface area contributed by atoms with Gasteiger partial charge in [-0.2, -0.15) is 0 Å². The van der Waals surface area contributed by atoms with E-state index in [1.165, 1.54) is 0 Å². The number of piperidine rings is 1. The van der Waals surface area contributed by atoms with E-state index in [9.17, 15) is 4.79 Å². The maximum atomic E-state index is 12.4. The zero-order valence-corrected chi connectivity index (χ0v) is 15.7. The van der Waals surface area contributed by atoms with Gasteiger partial charge in [-0.25, -0.2) is 0 Å². The molecule has 0 N–H and O–H groups in total. The molecule has 2 aliphatic rings. The highest BCUT2D eigenvalue weighted by Gasteiger charge is 2.21. The molecule has 1 amide bonds. The van der Waals surface area contributed by atoms with E-state index in [0.29, 0.717) is 0 Å². The van der Waals surface area contributed by atoms with Crippen LogP contribution in [-0.4, -0.2) is 69.3 Å². The Kier molecular flexibility index (Phi) is 5.67. The second kappa shape index (κ2) is 8.52. The first-order valence-electron chi connectivity index (χ1n) is 9.89. The van der Waals surface area contributed by atoms with Gasteiger partial charge in [-0.3, -0.25) is 4.79 Å². The molecule has 27 heavy (non-hydrogen) atoms. The van der Waals surface area contributed by atoms with Crippen LogP contribution < -0.4 is 4.74 Å². The number of likely N-dealkylation sites (tertiary alicyclic amines) is 2. The van der Waals surface area contributed by atoms with E-state index in [4.69, 9.17) is 4.74 Å². The Hall–Kier alpha value is -2.41. The molecule has 0 unspecified atom stereocenters. The zero-order chi connectivity index (χ0) is 18.5. The van der Waals surface area contributed by atoms with Crippen LogP contribution in [-0.2, 0) is 6.54 Å². The van der Waals surface area contributed by atoms with E-state index in [2.05, 4.69) is 15.1 Å². The van der Waals surface area contributed by atoms with Gasteiger partial charge in [-0.05, 0) is 49.9 Å². The summed E-state index contributed by atoms with van der Waals surface area (Å²) in [5.74, 6) is 0.997. The van der Waals surface area contributed by atoms with Crippen LogP contribution in [0.1, 0.15) is 36.0 Å². The number of carbonyl (C=O) groups is 1. The van der Waals surface area contributed by atoms with Crippen molar-refractivity contribution in [1.29, 1.82) is 0 Å². The highest BCUT2D eigenvalue weighted by Crippen LogP contribution is 2.21. The third-order valence-electron chi connectivity index (χ3n) is 5.47. The molecule has 0 aliphatic carbocycles. The molecule has 7 nitrogen and oxygen atoms in total. The molecule has 2 fully saturated rings. The number of benzene rings is 1. The summed E-state index contributed by atoms with van der Waals surface area (Å²) >= 11 is 0. The summed E-state index contributed by atoms with van der Waals surface area (Å²) in [6, 6.07) is 7.65. The van der Waals surface area contributed by atoms with Crippen LogP contribution in [0, 0.1) is 0 Å². The normalized spacial score (nSPS) is 18.7. The lowest BCUT2D eigenvalue weighted by molar-refractivity contribution is 0.0792. The molecule has 0 spiro atoms. The summed E-state index contributed by atoms with van der Waals surface area (Å²) < 4.78 is 8.14. The summed E-state index contributed by atoms with van der Waals surface area (Å²) in [6.45, 7) is 5.78. The molecule has 7 heteroatoms. The highest BCUT2D eigenvalue weighted by molar-refractivity contribution is 5.94.